The molecule has 2 atom stereocenters. The number of carbonyl (C=O) groups is 2. The van der Waals surface area contributed by atoms with Crippen molar-refractivity contribution in [3.63, 3.8) is 0 Å². The highest BCUT2D eigenvalue weighted by Gasteiger charge is 2.27. The third-order valence-corrected chi connectivity index (χ3v) is 15.7. The number of unbranched alkanes of at least 4 members (excludes halogenated alkanes) is 34. The number of rotatable bonds is 62. The Morgan fingerprint density at radius 3 is 1.05 bits per heavy atom. The van der Waals surface area contributed by atoms with Gasteiger partial charge in [0.05, 0.1) is 27.7 Å². The number of phosphoric ester groups is 1. The van der Waals surface area contributed by atoms with E-state index < -0.39 is 26.5 Å². The van der Waals surface area contributed by atoms with Crippen LogP contribution in [0.1, 0.15) is 303 Å². The SMILES string of the molecule is CC/C=C\C/C=C\C/C=C\C/C=C\C/C=C\C/C=C\C/C=C\CCCCCCCCCCCCCCCCCC(=O)OC(COC(=O)CCCCCCCCCCCCCCCCCCCCCC)COP(=O)(O)OCC[N+](C)(C)C. The second-order valence-electron chi connectivity index (χ2n) is 23.8. The molecule has 10 heteroatoms. The average molecular weight is 1160 g/mol. The van der Waals surface area contributed by atoms with Crippen molar-refractivity contribution < 1.29 is 42.1 Å². The molecule has 0 amide bonds. The van der Waals surface area contributed by atoms with Gasteiger partial charge in [0.25, 0.3) is 0 Å². The molecule has 0 aliphatic heterocycles. The van der Waals surface area contributed by atoms with Crippen LogP contribution in [-0.2, 0) is 32.7 Å². The zero-order chi connectivity index (χ0) is 59.1. The van der Waals surface area contributed by atoms with E-state index in [1.165, 1.54) is 193 Å². The minimum atomic E-state index is -4.39. The lowest BCUT2D eigenvalue weighted by molar-refractivity contribution is -0.870. The number of allylic oxidation sites excluding steroid dienone is 14. The minimum Gasteiger partial charge on any atom is -0.462 e. The number of phosphoric acid groups is 1. The highest BCUT2D eigenvalue weighted by Crippen LogP contribution is 2.43. The molecule has 470 valence electrons. The van der Waals surface area contributed by atoms with E-state index in [1.807, 2.05) is 21.1 Å². The second kappa shape index (κ2) is 61.7. The van der Waals surface area contributed by atoms with Crippen LogP contribution < -0.4 is 0 Å². The van der Waals surface area contributed by atoms with E-state index in [-0.39, 0.29) is 25.6 Å². The molecule has 0 rings (SSSR count). The Hall–Kier alpha value is -2.81. The van der Waals surface area contributed by atoms with Crippen LogP contribution in [0, 0.1) is 0 Å². The van der Waals surface area contributed by atoms with Crippen molar-refractivity contribution in [3.05, 3.63) is 85.1 Å². The molecule has 0 fully saturated rings. The van der Waals surface area contributed by atoms with Crippen LogP contribution in [0.15, 0.2) is 85.1 Å². The average Bonchev–Trinajstić information content (AvgIpc) is 3.43. The summed E-state index contributed by atoms with van der Waals surface area (Å²) in [6, 6.07) is 0. The third-order valence-electron chi connectivity index (χ3n) is 14.7. The molecule has 0 aromatic rings. The van der Waals surface area contributed by atoms with E-state index in [1.54, 1.807) is 0 Å². The van der Waals surface area contributed by atoms with Crippen LogP contribution in [0.3, 0.4) is 0 Å². The van der Waals surface area contributed by atoms with Crippen molar-refractivity contribution in [1.82, 2.24) is 0 Å². The fraction of sp³-hybridized carbons (Fsp3) is 0.775. The molecule has 1 N–H and O–H groups in total. The summed E-state index contributed by atoms with van der Waals surface area (Å²) in [7, 11) is 1.49. The Morgan fingerprint density at radius 2 is 0.704 bits per heavy atom. The third kappa shape index (κ3) is 66.2. The van der Waals surface area contributed by atoms with E-state index in [0.717, 1.165) is 77.0 Å². The number of hydrogen-bond acceptors (Lipinski definition) is 7. The predicted molar refractivity (Wildman–Crippen MR) is 349 cm³/mol. The second-order valence-corrected chi connectivity index (χ2v) is 25.3. The Labute approximate surface area is 501 Å². The van der Waals surface area contributed by atoms with Crippen LogP contribution in [0.2, 0.25) is 0 Å². The summed E-state index contributed by atoms with van der Waals surface area (Å²) >= 11 is 0. The first kappa shape index (κ1) is 78.2. The maximum atomic E-state index is 12.9. The van der Waals surface area contributed by atoms with Crippen LogP contribution >= 0.6 is 7.82 Å². The van der Waals surface area contributed by atoms with Gasteiger partial charge in [0.1, 0.15) is 19.8 Å². The van der Waals surface area contributed by atoms with E-state index in [9.17, 15) is 19.0 Å². The Balaban J connectivity index is 4.02. The molecule has 0 radical (unpaired) electrons. The first-order valence-corrected chi connectivity index (χ1v) is 35.3. The summed E-state index contributed by atoms with van der Waals surface area (Å²) in [5.74, 6) is -0.785. The van der Waals surface area contributed by atoms with Crippen LogP contribution in [0.5, 0.6) is 0 Å². The monoisotopic (exact) mass is 1150 g/mol. The topological polar surface area (TPSA) is 108 Å². The quantitative estimate of drug-likeness (QED) is 0.0211. The number of hydrogen-bond donors (Lipinski definition) is 1. The van der Waals surface area contributed by atoms with Crippen LogP contribution in [0.25, 0.3) is 0 Å². The molecule has 0 heterocycles. The zero-order valence-corrected chi connectivity index (χ0v) is 54.4. The summed E-state index contributed by atoms with van der Waals surface area (Å²) in [6.07, 6.45) is 83.9. The highest BCUT2D eigenvalue weighted by molar-refractivity contribution is 7.47. The number of ether oxygens (including phenoxy) is 2. The molecular weight excluding hydrogens is 1030 g/mol. The number of likely N-dealkylation sites (N-methyl/N-ethyl adjacent to an activating group) is 1. The molecule has 0 aromatic heterocycles. The van der Waals surface area contributed by atoms with Gasteiger partial charge in [0.2, 0.25) is 0 Å². The standard InChI is InChI=1S/C71H128NO8P/c1-6-8-10-12-14-16-18-20-22-24-26-28-29-30-31-32-33-34-35-36-37-38-39-40-41-42-43-44-46-48-50-52-54-56-58-60-62-64-71(74)80-69(68-79-81(75,76)78-66-65-72(3,4)5)67-77-70(73)63-61-59-57-55-53-51-49-47-45-27-25-23-21-19-17-15-13-11-9-7-2/h8,10,14,16,20,22,26,28,30-31,33-34,36-37,69H,6-7,9,11-13,15,17-19,21,23-25,27,29,32,35,38-68H2,1-5H3/p+1/b10-8-,16-14-,22-20-,28-26-,31-30-,34-33-,37-36-. The normalized spacial score (nSPS) is 13.7. The van der Waals surface area contributed by atoms with E-state index in [2.05, 4.69) is 98.9 Å². The van der Waals surface area contributed by atoms with E-state index in [4.69, 9.17) is 18.5 Å². The lowest BCUT2D eigenvalue weighted by atomic mass is 10.0. The van der Waals surface area contributed by atoms with Crippen molar-refractivity contribution in [2.24, 2.45) is 0 Å². The van der Waals surface area contributed by atoms with Crippen molar-refractivity contribution in [2.45, 2.75) is 309 Å². The van der Waals surface area contributed by atoms with E-state index >= 15 is 0 Å². The van der Waals surface area contributed by atoms with Gasteiger partial charge in [-0.15, -0.1) is 0 Å². The van der Waals surface area contributed by atoms with Crippen molar-refractivity contribution in [1.29, 1.82) is 0 Å². The molecule has 0 aromatic carbocycles. The van der Waals surface area contributed by atoms with Crippen molar-refractivity contribution in [3.8, 4) is 0 Å². The molecule has 0 aliphatic carbocycles. The maximum Gasteiger partial charge on any atom is 0.472 e. The summed E-state index contributed by atoms with van der Waals surface area (Å²) in [4.78, 5) is 35.8. The fourth-order valence-electron chi connectivity index (χ4n) is 9.53. The minimum absolute atomic E-state index is 0.0316. The van der Waals surface area contributed by atoms with Gasteiger partial charge in [0, 0.05) is 12.8 Å². The molecule has 0 saturated heterocycles. The largest absolute Gasteiger partial charge is 0.472 e. The maximum absolute atomic E-state index is 12.9. The zero-order valence-electron chi connectivity index (χ0n) is 53.5. The lowest BCUT2D eigenvalue weighted by Gasteiger charge is -2.24. The smallest absolute Gasteiger partial charge is 0.462 e. The Kier molecular flexibility index (Phi) is 59.6. The molecule has 9 nitrogen and oxygen atoms in total. The molecule has 0 spiro atoms. The molecule has 0 bridgehead atoms. The molecular formula is C71H129NO8P+. The molecule has 81 heavy (non-hydrogen) atoms. The van der Waals surface area contributed by atoms with Gasteiger partial charge in [-0.2, -0.15) is 0 Å². The summed E-state index contributed by atoms with van der Waals surface area (Å²) in [5, 5.41) is 0. The lowest BCUT2D eigenvalue weighted by Crippen LogP contribution is -2.37. The highest BCUT2D eigenvalue weighted by atomic mass is 31.2. The fourth-order valence-corrected chi connectivity index (χ4v) is 10.3. The van der Waals surface area contributed by atoms with Crippen LogP contribution in [-0.4, -0.2) is 74.9 Å². The van der Waals surface area contributed by atoms with Gasteiger partial charge >= 0.3 is 19.8 Å². The summed E-state index contributed by atoms with van der Waals surface area (Å²) in [6.45, 7) is 4.36. The van der Waals surface area contributed by atoms with Gasteiger partial charge in [-0.3, -0.25) is 18.6 Å². The number of nitrogens with zero attached hydrogens (tertiary/aromatic N) is 1. The molecule has 0 aliphatic rings. The van der Waals surface area contributed by atoms with Gasteiger partial charge in [0.15, 0.2) is 6.10 Å². The summed E-state index contributed by atoms with van der Waals surface area (Å²) < 4.78 is 34.7. The molecule has 2 unspecified atom stereocenters. The van der Waals surface area contributed by atoms with Gasteiger partial charge in [-0.05, 0) is 70.6 Å². The van der Waals surface area contributed by atoms with Gasteiger partial charge < -0.3 is 18.9 Å². The summed E-state index contributed by atoms with van der Waals surface area (Å²) in [5.41, 5.74) is 0. The number of carbonyl (C=O) groups excluding carboxylic acids is 2. The Morgan fingerprint density at radius 1 is 0.395 bits per heavy atom. The van der Waals surface area contributed by atoms with Crippen LogP contribution in [0.4, 0.5) is 0 Å². The number of quaternary nitrogens is 1. The van der Waals surface area contributed by atoms with Crippen molar-refractivity contribution >= 4 is 19.8 Å². The first-order valence-electron chi connectivity index (χ1n) is 33.8. The number of esters is 2. The van der Waals surface area contributed by atoms with E-state index in [0.29, 0.717) is 23.9 Å². The predicted octanol–water partition coefficient (Wildman–Crippen LogP) is 21.8. The van der Waals surface area contributed by atoms with Gasteiger partial charge in [-0.1, -0.05) is 304 Å². The molecule has 0 saturated carbocycles. The van der Waals surface area contributed by atoms with Crippen molar-refractivity contribution in [2.75, 3.05) is 47.5 Å². The Bertz CT molecular complexity index is 1640. The first-order chi connectivity index (χ1) is 39.5. The van der Waals surface area contributed by atoms with Gasteiger partial charge in [-0.25, -0.2) is 4.57 Å².